The number of hydrogen-bond donors (Lipinski definition) is 0. The Kier molecular flexibility index (Phi) is 4.05. The summed E-state index contributed by atoms with van der Waals surface area (Å²) in [5, 5.41) is 8.99. The van der Waals surface area contributed by atoms with Crippen molar-refractivity contribution in [2.45, 2.75) is 39.4 Å². The Morgan fingerprint density at radius 1 is 1.19 bits per heavy atom. The van der Waals surface area contributed by atoms with E-state index in [4.69, 9.17) is 15.0 Å². The van der Waals surface area contributed by atoms with Crippen molar-refractivity contribution in [2.75, 3.05) is 0 Å². The first-order valence-corrected chi connectivity index (χ1v) is 5.23. The molecule has 0 amide bonds. The minimum absolute atomic E-state index is 0.417. The lowest BCUT2D eigenvalue weighted by Gasteiger charge is -2.20. The van der Waals surface area contributed by atoms with Gasteiger partial charge in [0.25, 0.3) is 0 Å². The number of rotatable bonds is 3. The van der Waals surface area contributed by atoms with Crippen molar-refractivity contribution in [3.63, 3.8) is 0 Å². The lowest BCUT2D eigenvalue weighted by atomic mass is 10.1. The second kappa shape index (κ2) is 5.11. The summed E-state index contributed by atoms with van der Waals surface area (Å²) in [5.41, 5.74) is 1.54. The van der Waals surface area contributed by atoms with Gasteiger partial charge in [-0.05, 0) is 33.3 Å². The van der Waals surface area contributed by atoms with E-state index in [1.54, 1.807) is 0 Å². The zero-order valence-electron chi connectivity index (χ0n) is 10.2. The van der Waals surface area contributed by atoms with E-state index in [0.717, 1.165) is 11.1 Å². The van der Waals surface area contributed by atoms with Crippen LogP contribution in [0.15, 0.2) is 24.3 Å². The summed E-state index contributed by atoms with van der Waals surface area (Å²) in [6, 6.07) is 9.69. The molecule has 0 aliphatic carbocycles. The second-order valence-electron chi connectivity index (χ2n) is 4.71. The van der Waals surface area contributed by atoms with Crippen molar-refractivity contribution < 1.29 is 9.78 Å². The Hall–Kier alpha value is -1.37. The fourth-order valence-corrected chi connectivity index (χ4v) is 1.09. The highest BCUT2D eigenvalue weighted by Crippen LogP contribution is 2.20. The molecular formula is C13H17NO2. The van der Waals surface area contributed by atoms with Crippen LogP contribution in [0.25, 0.3) is 0 Å². The number of nitrogens with zero attached hydrogens (tertiary/aromatic N) is 1. The van der Waals surface area contributed by atoms with Crippen LogP contribution >= 0.6 is 0 Å². The molecule has 0 fully saturated rings. The smallest absolute Gasteiger partial charge is 0.204 e. The number of benzene rings is 1. The molecule has 1 aromatic carbocycles. The molecule has 0 saturated carbocycles. The highest BCUT2D eigenvalue weighted by Gasteiger charge is 2.17. The van der Waals surface area contributed by atoms with Gasteiger partial charge in [-0.3, -0.25) is 0 Å². The highest BCUT2D eigenvalue weighted by molar-refractivity contribution is 5.26. The predicted molar refractivity (Wildman–Crippen MR) is 61.5 cm³/mol. The standard InChI is InChI=1S/C13H17NO2/c1-10-5-7-11(8-6-10)12(9-14)15-16-13(2,3)4/h5-8,12H,1-4H3. The van der Waals surface area contributed by atoms with Crippen molar-refractivity contribution in [2.24, 2.45) is 0 Å². The van der Waals surface area contributed by atoms with Crippen LogP contribution in [-0.2, 0) is 9.78 Å². The monoisotopic (exact) mass is 219 g/mol. The minimum Gasteiger partial charge on any atom is -0.229 e. The Bertz CT molecular complexity index is 370. The van der Waals surface area contributed by atoms with E-state index >= 15 is 0 Å². The summed E-state index contributed by atoms with van der Waals surface area (Å²) in [7, 11) is 0. The minimum atomic E-state index is -0.681. The van der Waals surface area contributed by atoms with Crippen molar-refractivity contribution >= 4 is 0 Å². The molecular weight excluding hydrogens is 202 g/mol. The average molecular weight is 219 g/mol. The first-order valence-electron chi connectivity index (χ1n) is 5.23. The Morgan fingerprint density at radius 3 is 2.19 bits per heavy atom. The van der Waals surface area contributed by atoms with Crippen LogP contribution in [0.3, 0.4) is 0 Å². The van der Waals surface area contributed by atoms with Gasteiger partial charge in [0, 0.05) is 0 Å². The van der Waals surface area contributed by atoms with Crippen LogP contribution in [0.4, 0.5) is 0 Å². The summed E-state index contributed by atoms with van der Waals surface area (Å²) in [5.74, 6) is 0. The van der Waals surface area contributed by atoms with E-state index in [1.807, 2.05) is 52.0 Å². The van der Waals surface area contributed by atoms with Crippen molar-refractivity contribution in [1.82, 2.24) is 0 Å². The molecule has 3 nitrogen and oxygen atoms in total. The molecule has 0 saturated heterocycles. The zero-order valence-corrected chi connectivity index (χ0v) is 10.2. The van der Waals surface area contributed by atoms with E-state index in [9.17, 15) is 0 Å². The van der Waals surface area contributed by atoms with E-state index < -0.39 is 11.7 Å². The number of nitriles is 1. The molecule has 1 atom stereocenters. The Morgan fingerprint density at radius 2 is 1.75 bits per heavy atom. The molecule has 0 spiro atoms. The number of aryl methyl sites for hydroxylation is 1. The summed E-state index contributed by atoms with van der Waals surface area (Å²) >= 11 is 0. The average Bonchev–Trinajstić information content (AvgIpc) is 2.20. The largest absolute Gasteiger partial charge is 0.229 e. The fraction of sp³-hybridized carbons (Fsp3) is 0.462. The van der Waals surface area contributed by atoms with E-state index in [2.05, 4.69) is 6.07 Å². The summed E-state index contributed by atoms with van der Waals surface area (Å²) in [6.45, 7) is 7.61. The van der Waals surface area contributed by atoms with Gasteiger partial charge in [-0.15, -0.1) is 0 Å². The van der Waals surface area contributed by atoms with Crippen molar-refractivity contribution in [3.05, 3.63) is 35.4 Å². The molecule has 1 aromatic rings. The van der Waals surface area contributed by atoms with Crippen LogP contribution in [0.2, 0.25) is 0 Å². The quantitative estimate of drug-likeness (QED) is 0.578. The van der Waals surface area contributed by atoms with Gasteiger partial charge in [-0.25, -0.2) is 9.78 Å². The molecule has 0 aliphatic rings. The Balaban J connectivity index is 2.69. The van der Waals surface area contributed by atoms with Crippen molar-refractivity contribution in [3.8, 4) is 6.07 Å². The molecule has 0 N–H and O–H groups in total. The highest BCUT2D eigenvalue weighted by atomic mass is 17.2. The third-order valence-electron chi connectivity index (χ3n) is 1.89. The van der Waals surface area contributed by atoms with E-state index in [-0.39, 0.29) is 0 Å². The second-order valence-corrected chi connectivity index (χ2v) is 4.71. The van der Waals surface area contributed by atoms with Gasteiger partial charge in [-0.1, -0.05) is 29.8 Å². The van der Waals surface area contributed by atoms with Crippen molar-refractivity contribution in [1.29, 1.82) is 5.26 Å². The molecule has 0 aromatic heterocycles. The van der Waals surface area contributed by atoms with Crippen LogP contribution < -0.4 is 0 Å². The predicted octanol–water partition coefficient (Wildman–Crippen LogP) is 3.31. The van der Waals surface area contributed by atoms with Crippen LogP contribution in [-0.4, -0.2) is 5.60 Å². The summed E-state index contributed by atoms with van der Waals surface area (Å²) in [4.78, 5) is 10.3. The van der Waals surface area contributed by atoms with Gasteiger partial charge in [0.2, 0.25) is 6.10 Å². The lowest BCUT2D eigenvalue weighted by Crippen LogP contribution is -2.20. The SMILES string of the molecule is Cc1ccc(C(C#N)OOC(C)(C)C)cc1. The van der Waals surface area contributed by atoms with Gasteiger partial charge in [0.1, 0.15) is 6.07 Å². The molecule has 1 unspecified atom stereocenters. The molecule has 3 heteroatoms. The molecule has 0 heterocycles. The van der Waals surface area contributed by atoms with Gasteiger partial charge < -0.3 is 0 Å². The maximum atomic E-state index is 8.99. The molecule has 16 heavy (non-hydrogen) atoms. The van der Waals surface area contributed by atoms with Gasteiger partial charge in [0.05, 0.1) is 5.60 Å². The first-order chi connectivity index (χ1) is 7.42. The summed E-state index contributed by atoms with van der Waals surface area (Å²) < 4.78 is 0. The molecule has 0 radical (unpaired) electrons. The van der Waals surface area contributed by atoms with Crippen LogP contribution in [0, 0.1) is 18.3 Å². The normalized spacial score (nSPS) is 13.2. The third-order valence-corrected chi connectivity index (χ3v) is 1.89. The molecule has 1 rings (SSSR count). The van der Waals surface area contributed by atoms with E-state index in [1.165, 1.54) is 0 Å². The third kappa shape index (κ3) is 4.01. The topological polar surface area (TPSA) is 42.2 Å². The maximum Gasteiger partial charge on any atom is 0.204 e. The maximum absolute atomic E-state index is 8.99. The lowest BCUT2D eigenvalue weighted by molar-refractivity contribution is -0.365. The van der Waals surface area contributed by atoms with Crippen LogP contribution in [0.5, 0.6) is 0 Å². The van der Waals surface area contributed by atoms with Gasteiger partial charge in [0.15, 0.2) is 0 Å². The molecule has 0 aliphatic heterocycles. The molecule has 0 bridgehead atoms. The van der Waals surface area contributed by atoms with Crippen LogP contribution in [0.1, 0.15) is 38.0 Å². The fourth-order valence-electron chi connectivity index (χ4n) is 1.09. The first kappa shape index (κ1) is 12.7. The van der Waals surface area contributed by atoms with E-state index in [0.29, 0.717) is 0 Å². The Labute approximate surface area is 96.5 Å². The summed E-state index contributed by atoms with van der Waals surface area (Å²) in [6.07, 6.45) is -0.681. The molecule has 86 valence electrons. The number of hydrogen-bond acceptors (Lipinski definition) is 3. The zero-order chi connectivity index (χ0) is 12.2. The van der Waals surface area contributed by atoms with Gasteiger partial charge in [-0.2, -0.15) is 5.26 Å². The van der Waals surface area contributed by atoms with Gasteiger partial charge >= 0.3 is 0 Å².